The second kappa shape index (κ2) is 11.4. The van der Waals surface area contributed by atoms with Crippen molar-refractivity contribution in [2.75, 3.05) is 30.5 Å². The normalized spacial score (nSPS) is 16.9. The number of likely N-dealkylation sites (tertiary alicyclic amines) is 1. The molecule has 0 radical (unpaired) electrons. The van der Waals surface area contributed by atoms with E-state index < -0.39 is 0 Å². The number of anilines is 3. The van der Waals surface area contributed by atoms with Crippen LogP contribution in [0.2, 0.25) is 0 Å². The molecule has 6 rings (SSSR count). The van der Waals surface area contributed by atoms with Crippen molar-refractivity contribution in [1.29, 1.82) is 0 Å². The average Bonchev–Trinajstić information content (AvgIpc) is 3.44. The number of nitrogens with zero attached hydrogens (tertiary/aromatic N) is 6. The zero-order valence-corrected chi connectivity index (χ0v) is 25.5. The molecule has 0 saturated carbocycles. The minimum Gasteiger partial charge on any atom is -0.392 e. The van der Waals surface area contributed by atoms with Crippen molar-refractivity contribution < 1.29 is 5.11 Å². The summed E-state index contributed by atoms with van der Waals surface area (Å²) in [5, 5.41) is 25.0. The van der Waals surface area contributed by atoms with Gasteiger partial charge in [0.15, 0.2) is 0 Å². The lowest BCUT2D eigenvalue weighted by atomic mass is 9.85. The van der Waals surface area contributed by atoms with Crippen LogP contribution in [0.1, 0.15) is 60.9 Å². The standard InChI is InChI=1S/C34H39N7O2/c1-34(2,3)26-11-9-23-20-41(36-18-25(23)15-26)31-8-6-7-27(28(31)21-42)29-16-30(33(43)40(5)38-29)37-32-12-10-22(17-35-32)24-13-14-39(4)19-24/h6-12,15-18,24,42H,13-14,19-21H2,1-5H3,(H,35,37)/t24-/m0/s1. The summed E-state index contributed by atoms with van der Waals surface area (Å²) >= 11 is 0. The van der Waals surface area contributed by atoms with Gasteiger partial charge in [-0.25, -0.2) is 9.67 Å². The molecule has 0 bridgehead atoms. The minimum absolute atomic E-state index is 0.0567. The van der Waals surface area contributed by atoms with E-state index in [1.807, 2.05) is 41.7 Å². The summed E-state index contributed by atoms with van der Waals surface area (Å²) in [7, 11) is 3.77. The Bertz CT molecular complexity index is 1740. The van der Waals surface area contributed by atoms with E-state index >= 15 is 0 Å². The summed E-state index contributed by atoms with van der Waals surface area (Å²) in [4.78, 5) is 20.0. The number of hydrogen-bond acceptors (Lipinski definition) is 8. The number of likely N-dealkylation sites (N-methyl/N-ethyl adjacent to an activating group) is 1. The van der Waals surface area contributed by atoms with E-state index in [4.69, 9.17) is 5.10 Å². The van der Waals surface area contributed by atoms with Crippen LogP contribution in [0.25, 0.3) is 11.3 Å². The van der Waals surface area contributed by atoms with Crippen LogP contribution in [0.3, 0.4) is 0 Å². The van der Waals surface area contributed by atoms with Crippen molar-refractivity contribution in [3.63, 3.8) is 0 Å². The fourth-order valence-corrected chi connectivity index (χ4v) is 5.93. The number of aryl methyl sites for hydroxylation is 1. The van der Waals surface area contributed by atoms with E-state index in [0.717, 1.165) is 36.3 Å². The first-order valence-electron chi connectivity index (χ1n) is 14.8. The van der Waals surface area contributed by atoms with Crippen molar-refractivity contribution in [3.05, 3.63) is 99.0 Å². The van der Waals surface area contributed by atoms with Gasteiger partial charge in [0.1, 0.15) is 11.5 Å². The largest absolute Gasteiger partial charge is 0.392 e. The second-order valence-corrected chi connectivity index (χ2v) is 12.6. The molecule has 0 spiro atoms. The summed E-state index contributed by atoms with van der Waals surface area (Å²) < 4.78 is 1.32. The van der Waals surface area contributed by atoms with Gasteiger partial charge in [-0.1, -0.05) is 51.1 Å². The second-order valence-electron chi connectivity index (χ2n) is 12.6. The van der Waals surface area contributed by atoms with E-state index in [1.165, 1.54) is 21.4 Å². The summed E-state index contributed by atoms with van der Waals surface area (Å²) in [5.41, 5.74) is 7.69. The molecule has 2 aliphatic heterocycles. The Morgan fingerprint density at radius 1 is 1.07 bits per heavy atom. The van der Waals surface area contributed by atoms with Crippen molar-refractivity contribution in [2.45, 2.75) is 51.7 Å². The molecule has 2 aliphatic rings. The Labute approximate surface area is 252 Å². The molecule has 4 aromatic rings. The highest BCUT2D eigenvalue weighted by Gasteiger charge is 2.23. The quantitative estimate of drug-likeness (QED) is 0.327. The van der Waals surface area contributed by atoms with Crippen molar-refractivity contribution >= 4 is 23.4 Å². The van der Waals surface area contributed by atoms with Crippen LogP contribution >= 0.6 is 0 Å². The van der Waals surface area contributed by atoms with Gasteiger partial charge in [-0.05, 0) is 77.9 Å². The Kier molecular flexibility index (Phi) is 7.62. The number of benzene rings is 2. The van der Waals surface area contributed by atoms with E-state index in [-0.39, 0.29) is 17.6 Å². The molecule has 1 saturated heterocycles. The molecular weight excluding hydrogens is 538 g/mol. The van der Waals surface area contributed by atoms with Crippen LogP contribution in [-0.2, 0) is 25.6 Å². The van der Waals surface area contributed by atoms with Crippen LogP contribution in [0.5, 0.6) is 0 Å². The van der Waals surface area contributed by atoms with Crippen molar-refractivity contribution in [3.8, 4) is 11.3 Å². The predicted octanol–water partition coefficient (Wildman–Crippen LogP) is 5.15. The number of aliphatic hydroxyl groups is 1. The molecule has 222 valence electrons. The van der Waals surface area contributed by atoms with E-state index in [0.29, 0.717) is 35.2 Å². The zero-order chi connectivity index (χ0) is 30.3. The fourth-order valence-electron chi connectivity index (χ4n) is 5.93. The minimum atomic E-state index is -0.263. The Hall–Kier alpha value is -4.34. The highest BCUT2D eigenvalue weighted by Crippen LogP contribution is 2.34. The number of pyridine rings is 1. The molecule has 2 aromatic heterocycles. The third-order valence-corrected chi connectivity index (χ3v) is 8.51. The highest BCUT2D eigenvalue weighted by molar-refractivity contribution is 5.85. The molecule has 4 heterocycles. The third-order valence-electron chi connectivity index (χ3n) is 8.51. The monoisotopic (exact) mass is 577 g/mol. The molecule has 1 atom stereocenters. The number of aliphatic hydroxyl groups excluding tert-OH is 1. The van der Waals surface area contributed by atoms with Gasteiger partial charge in [0.2, 0.25) is 0 Å². The Balaban J connectivity index is 1.29. The van der Waals surface area contributed by atoms with Gasteiger partial charge in [0.25, 0.3) is 5.56 Å². The summed E-state index contributed by atoms with van der Waals surface area (Å²) in [5.74, 6) is 1.08. The number of fused-ring (bicyclic) bond motifs is 1. The molecule has 9 nitrogen and oxygen atoms in total. The van der Waals surface area contributed by atoms with Crippen LogP contribution in [-0.4, -0.2) is 51.1 Å². The fraction of sp³-hybridized carbons (Fsp3) is 0.353. The third kappa shape index (κ3) is 5.83. The molecule has 0 amide bonds. The lowest BCUT2D eigenvalue weighted by molar-refractivity contribution is 0.282. The maximum atomic E-state index is 13.1. The van der Waals surface area contributed by atoms with Crippen LogP contribution in [0.4, 0.5) is 17.2 Å². The van der Waals surface area contributed by atoms with Gasteiger partial charge in [0, 0.05) is 30.9 Å². The number of rotatable bonds is 6. The molecule has 0 aliphatic carbocycles. The maximum absolute atomic E-state index is 13.1. The van der Waals surface area contributed by atoms with Gasteiger partial charge in [-0.15, -0.1) is 0 Å². The molecule has 43 heavy (non-hydrogen) atoms. The average molecular weight is 578 g/mol. The van der Waals surface area contributed by atoms with Crippen LogP contribution < -0.4 is 15.9 Å². The number of nitrogens with one attached hydrogen (secondary N) is 1. The smallest absolute Gasteiger partial charge is 0.290 e. The number of hydrogen-bond donors (Lipinski definition) is 2. The van der Waals surface area contributed by atoms with Crippen molar-refractivity contribution in [2.24, 2.45) is 12.1 Å². The molecule has 1 fully saturated rings. The Morgan fingerprint density at radius 2 is 1.91 bits per heavy atom. The van der Waals surface area contributed by atoms with E-state index in [1.54, 1.807) is 13.1 Å². The van der Waals surface area contributed by atoms with E-state index in [9.17, 15) is 9.90 Å². The van der Waals surface area contributed by atoms with Crippen LogP contribution in [0.15, 0.2) is 70.7 Å². The molecular formula is C34H39N7O2. The van der Waals surface area contributed by atoms with Gasteiger partial charge < -0.3 is 15.3 Å². The van der Waals surface area contributed by atoms with Crippen LogP contribution in [0, 0.1) is 0 Å². The van der Waals surface area contributed by atoms with Gasteiger partial charge in [0.05, 0.1) is 30.7 Å². The highest BCUT2D eigenvalue weighted by atomic mass is 16.3. The molecule has 2 aromatic carbocycles. The number of hydrazone groups is 1. The SMILES string of the molecule is CN1CC[C@H](c2ccc(Nc3cc(-c4cccc(N5Cc6ccc(C(C)(C)C)cc6C=N5)c4CO)nn(C)c3=O)nc2)C1. The first kappa shape index (κ1) is 28.8. The zero-order valence-electron chi connectivity index (χ0n) is 25.5. The molecule has 0 unspecified atom stereocenters. The first-order valence-corrected chi connectivity index (χ1v) is 14.8. The maximum Gasteiger partial charge on any atom is 0.290 e. The van der Waals surface area contributed by atoms with E-state index in [2.05, 4.69) is 72.4 Å². The lowest BCUT2D eigenvalue weighted by Crippen LogP contribution is -2.24. The summed E-state index contributed by atoms with van der Waals surface area (Å²) in [6.45, 7) is 9.11. The van der Waals surface area contributed by atoms with Gasteiger partial charge in [-0.2, -0.15) is 10.2 Å². The Morgan fingerprint density at radius 3 is 2.60 bits per heavy atom. The summed E-state index contributed by atoms with van der Waals surface area (Å²) in [6, 6.07) is 18.1. The van der Waals surface area contributed by atoms with Gasteiger partial charge >= 0.3 is 0 Å². The first-order chi connectivity index (χ1) is 20.6. The molecule has 2 N–H and O–H groups in total. The topological polar surface area (TPSA) is 98.9 Å². The molecule has 9 heteroatoms. The summed E-state index contributed by atoms with van der Waals surface area (Å²) in [6.07, 6.45) is 4.91. The van der Waals surface area contributed by atoms with Crippen molar-refractivity contribution in [1.82, 2.24) is 19.7 Å². The lowest BCUT2D eigenvalue weighted by Gasteiger charge is -2.28. The predicted molar refractivity (Wildman–Crippen MR) is 172 cm³/mol. The van der Waals surface area contributed by atoms with Gasteiger partial charge in [-0.3, -0.25) is 9.80 Å². The number of aromatic nitrogens is 3.